The van der Waals surface area contributed by atoms with Gasteiger partial charge in [-0.15, -0.1) is 11.3 Å². The van der Waals surface area contributed by atoms with Crippen LogP contribution in [0.3, 0.4) is 0 Å². The fourth-order valence-electron chi connectivity index (χ4n) is 2.08. The summed E-state index contributed by atoms with van der Waals surface area (Å²) < 4.78 is 5.87. The molecule has 2 aromatic rings. The molecule has 0 spiro atoms. The van der Waals surface area contributed by atoms with Gasteiger partial charge >= 0.3 is 0 Å². The van der Waals surface area contributed by atoms with Crippen LogP contribution in [0, 0.1) is 13.8 Å². The molecule has 1 fully saturated rings. The van der Waals surface area contributed by atoms with E-state index < -0.39 is 0 Å². The lowest BCUT2D eigenvalue weighted by Gasteiger charge is -2.08. The van der Waals surface area contributed by atoms with E-state index in [1.54, 1.807) is 0 Å². The van der Waals surface area contributed by atoms with Crippen molar-refractivity contribution < 1.29 is 9.53 Å². The molecule has 0 saturated heterocycles. The Bertz CT molecular complexity index is 659. The van der Waals surface area contributed by atoms with Crippen molar-refractivity contribution in [2.24, 2.45) is 0 Å². The van der Waals surface area contributed by atoms with Gasteiger partial charge in [-0.2, -0.15) is 0 Å². The number of carbonyl (C=O) groups is 1. The zero-order valence-corrected chi connectivity index (χ0v) is 13.1. The minimum absolute atomic E-state index is 0.0421. The van der Waals surface area contributed by atoms with Crippen LogP contribution in [0.2, 0.25) is 0 Å². The normalized spacial score (nSPS) is 14.0. The van der Waals surface area contributed by atoms with E-state index in [1.807, 2.05) is 24.4 Å². The van der Waals surface area contributed by atoms with Crippen molar-refractivity contribution in [1.82, 2.24) is 5.32 Å². The first kappa shape index (κ1) is 14.1. The Morgan fingerprint density at radius 3 is 2.90 bits per heavy atom. The number of hydrogen-bond donors (Lipinski definition) is 1. The zero-order chi connectivity index (χ0) is 14.8. The molecule has 0 atom stereocenters. The van der Waals surface area contributed by atoms with Gasteiger partial charge in [0.05, 0.1) is 4.88 Å². The van der Waals surface area contributed by atoms with Gasteiger partial charge in [-0.25, -0.2) is 0 Å². The van der Waals surface area contributed by atoms with Gasteiger partial charge in [0, 0.05) is 11.6 Å². The van der Waals surface area contributed by atoms with Gasteiger partial charge in [-0.3, -0.25) is 4.79 Å². The minimum Gasteiger partial charge on any atom is -0.489 e. The first-order valence-electron chi connectivity index (χ1n) is 7.20. The third kappa shape index (κ3) is 3.64. The highest BCUT2D eigenvalue weighted by Gasteiger charge is 2.24. The summed E-state index contributed by atoms with van der Waals surface area (Å²) in [4.78, 5) is 12.7. The maximum atomic E-state index is 11.9. The van der Waals surface area contributed by atoms with E-state index in [2.05, 4.69) is 24.4 Å². The fourth-order valence-corrected chi connectivity index (χ4v) is 2.88. The molecule has 110 valence electrons. The second-order valence-electron chi connectivity index (χ2n) is 5.62. The van der Waals surface area contributed by atoms with Gasteiger partial charge in [0.1, 0.15) is 12.4 Å². The topological polar surface area (TPSA) is 38.3 Å². The van der Waals surface area contributed by atoms with Crippen LogP contribution in [-0.4, -0.2) is 11.9 Å². The number of amides is 1. The van der Waals surface area contributed by atoms with E-state index in [0.717, 1.165) is 34.6 Å². The smallest absolute Gasteiger partial charge is 0.261 e. The highest BCUT2D eigenvalue weighted by Crippen LogP contribution is 2.23. The Balaban J connectivity index is 1.61. The second-order valence-corrected chi connectivity index (χ2v) is 6.54. The third-order valence-electron chi connectivity index (χ3n) is 3.53. The summed E-state index contributed by atoms with van der Waals surface area (Å²) in [6, 6.07) is 8.50. The number of ether oxygens (including phenoxy) is 1. The van der Waals surface area contributed by atoms with Crippen molar-refractivity contribution in [3.05, 3.63) is 51.2 Å². The summed E-state index contributed by atoms with van der Waals surface area (Å²) in [5.74, 6) is 0.950. The van der Waals surface area contributed by atoms with E-state index in [1.165, 1.54) is 16.9 Å². The van der Waals surface area contributed by atoms with Crippen LogP contribution >= 0.6 is 11.3 Å². The molecular weight excluding hydrogens is 282 g/mol. The lowest BCUT2D eigenvalue weighted by atomic mass is 10.1. The van der Waals surface area contributed by atoms with Crippen molar-refractivity contribution in [3.8, 4) is 5.75 Å². The first-order valence-corrected chi connectivity index (χ1v) is 8.08. The second kappa shape index (κ2) is 5.90. The maximum absolute atomic E-state index is 11.9. The maximum Gasteiger partial charge on any atom is 0.261 e. The molecule has 4 heteroatoms. The van der Waals surface area contributed by atoms with E-state index >= 15 is 0 Å². The molecule has 1 aliphatic rings. The van der Waals surface area contributed by atoms with Crippen LogP contribution in [0.4, 0.5) is 0 Å². The molecule has 21 heavy (non-hydrogen) atoms. The predicted octanol–water partition coefficient (Wildman–Crippen LogP) is 3.84. The van der Waals surface area contributed by atoms with Crippen LogP contribution in [0.5, 0.6) is 5.75 Å². The molecule has 0 bridgehead atoms. The number of rotatable bonds is 5. The monoisotopic (exact) mass is 301 g/mol. The minimum atomic E-state index is 0.0421. The van der Waals surface area contributed by atoms with Crippen molar-refractivity contribution in [3.63, 3.8) is 0 Å². The number of aryl methyl sites for hydroxylation is 2. The van der Waals surface area contributed by atoms with Crippen LogP contribution < -0.4 is 10.1 Å². The number of hydrogen-bond acceptors (Lipinski definition) is 3. The number of benzene rings is 1. The van der Waals surface area contributed by atoms with Gasteiger partial charge in [-0.1, -0.05) is 12.1 Å². The van der Waals surface area contributed by atoms with Crippen LogP contribution in [0.15, 0.2) is 29.6 Å². The SMILES string of the molecule is Cc1ccc(C)c(OCc2csc(C(=O)NC3CC3)c2)c1. The van der Waals surface area contributed by atoms with Crippen molar-refractivity contribution >= 4 is 17.2 Å². The van der Waals surface area contributed by atoms with E-state index in [-0.39, 0.29) is 5.91 Å². The molecule has 3 rings (SSSR count). The summed E-state index contributed by atoms with van der Waals surface area (Å²) in [6.45, 7) is 4.59. The molecule has 1 saturated carbocycles. The van der Waals surface area contributed by atoms with Crippen LogP contribution in [-0.2, 0) is 6.61 Å². The Morgan fingerprint density at radius 1 is 1.33 bits per heavy atom. The average molecular weight is 301 g/mol. The summed E-state index contributed by atoms with van der Waals surface area (Å²) in [6.07, 6.45) is 2.22. The largest absolute Gasteiger partial charge is 0.489 e. The quantitative estimate of drug-likeness (QED) is 0.911. The average Bonchev–Trinajstić information content (AvgIpc) is 3.14. The standard InChI is InChI=1S/C17H19NO2S/c1-11-3-4-12(2)15(7-11)20-9-13-8-16(21-10-13)17(19)18-14-5-6-14/h3-4,7-8,10,14H,5-6,9H2,1-2H3,(H,18,19). The Labute approximate surface area is 129 Å². The van der Waals surface area contributed by atoms with Crippen LogP contribution in [0.25, 0.3) is 0 Å². The summed E-state index contributed by atoms with van der Waals surface area (Å²) in [5.41, 5.74) is 3.36. The number of thiophene rings is 1. The van der Waals surface area contributed by atoms with Gasteiger partial charge < -0.3 is 10.1 Å². The molecule has 0 aliphatic heterocycles. The van der Waals surface area contributed by atoms with E-state index in [0.29, 0.717) is 12.6 Å². The van der Waals surface area contributed by atoms with Crippen molar-refractivity contribution in [2.45, 2.75) is 39.3 Å². The molecular formula is C17H19NO2S. The lowest BCUT2D eigenvalue weighted by molar-refractivity contribution is 0.0955. The zero-order valence-electron chi connectivity index (χ0n) is 12.3. The number of carbonyl (C=O) groups excluding carboxylic acids is 1. The Kier molecular flexibility index (Phi) is 3.97. The van der Waals surface area contributed by atoms with Gasteiger partial charge in [-0.05, 0) is 55.3 Å². The molecule has 1 aromatic carbocycles. The van der Waals surface area contributed by atoms with Crippen molar-refractivity contribution in [1.29, 1.82) is 0 Å². The molecule has 1 aromatic heterocycles. The predicted molar refractivity (Wildman–Crippen MR) is 85.1 cm³/mol. The van der Waals surface area contributed by atoms with Crippen LogP contribution in [0.1, 0.15) is 39.2 Å². The molecule has 3 nitrogen and oxygen atoms in total. The van der Waals surface area contributed by atoms with E-state index in [9.17, 15) is 4.79 Å². The Morgan fingerprint density at radius 2 is 2.14 bits per heavy atom. The van der Waals surface area contributed by atoms with Crippen molar-refractivity contribution in [2.75, 3.05) is 0 Å². The highest BCUT2D eigenvalue weighted by atomic mass is 32.1. The molecule has 1 aliphatic carbocycles. The fraction of sp³-hybridized carbons (Fsp3) is 0.353. The summed E-state index contributed by atoms with van der Waals surface area (Å²) >= 11 is 1.48. The first-order chi connectivity index (χ1) is 10.1. The van der Waals surface area contributed by atoms with Gasteiger partial charge in [0.2, 0.25) is 0 Å². The molecule has 0 radical (unpaired) electrons. The molecule has 1 N–H and O–H groups in total. The Hall–Kier alpha value is -1.81. The summed E-state index contributed by atoms with van der Waals surface area (Å²) in [5, 5.41) is 5.00. The van der Waals surface area contributed by atoms with Gasteiger partial charge in [0.15, 0.2) is 0 Å². The molecule has 1 amide bonds. The van der Waals surface area contributed by atoms with Gasteiger partial charge in [0.25, 0.3) is 5.91 Å². The highest BCUT2D eigenvalue weighted by molar-refractivity contribution is 7.12. The summed E-state index contributed by atoms with van der Waals surface area (Å²) in [7, 11) is 0. The molecule has 0 unspecified atom stereocenters. The number of nitrogens with one attached hydrogen (secondary N) is 1. The lowest BCUT2D eigenvalue weighted by Crippen LogP contribution is -2.24. The third-order valence-corrected chi connectivity index (χ3v) is 4.51. The van der Waals surface area contributed by atoms with E-state index in [4.69, 9.17) is 4.74 Å². The molecule has 1 heterocycles.